The van der Waals surface area contributed by atoms with E-state index in [4.69, 9.17) is 4.74 Å². The second-order valence-corrected chi connectivity index (χ2v) is 8.52. The number of nitrogens with one attached hydrogen (secondary N) is 1. The minimum Gasteiger partial charge on any atom is -0.497 e. The topological polar surface area (TPSA) is 104 Å². The highest BCUT2D eigenvalue weighted by Crippen LogP contribution is 2.28. The summed E-state index contributed by atoms with van der Waals surface area (Å²) in [6, 6.07) is 14.9. The number of anilines is 4. The van der Waals surface area contributed by atoms with Crippen LogP contribution >= 0.6 is 0 Å². The van der Waals surface area contributed by atoms with E-state index in [0.29, 0.717) is 44.4 Å². The van der Waals surface area contributed by atoms with Crippen LogP contribution in [0.25, 0.3) is 0 Å². The van der Waals surface area contributed by atoms with Crippen molar-refractivity contribution in [1.82, 2.24) is 19.9 Å². The van der Waals surface area contributed by atoms with Gasteiger partial charge in [-0.2, -0.15) is 0 Å². The minimum atomic E-state index is -0.329. The fraction of sp³-hybridized carbons (Fsp3) is 0.320. The zero-order chi connectivity index (χ0) is 24.2. The Balaban J connectivity index is 1.17. The van der Waals surface area contributed by atoms with Gasteiger partial charge in [0.05, 0.1) is 13.0 Å². The summed E-state index contributed by atoms with van der Waals surface area (Å²) in [7, 11) is 1.60. The van der Waals surface area contributed by atoms with Crippen molar-refractivity contribution < 1.29 is 14.3 Å². The molecule has 2 saturated heterocycles. The number of benzene rings is 1. The first-order valence-corrected chi connectivity index (χ1v) is 11.6. The van der Waals surface area contributed by atoms with Gasteiger partial charge in [0.25, 0.3) is 0 Å². The molecule has 35 heavy (non-hydrogen) atoms. The van der Waals surface area contributed by atoms with Gasteiger partial charge < -0.3 is 24.8 Å². The number of hydrogen-bond donors (Lipinski definition) is 1. The van der Waals surface area contributed by atoms with Crippen LogP contribution in [0.15, 0.2) is 61.1 Å². The number of amides is 2. The summed E-state index contributed by atoms with van der Waals surface area (Å²) in [6.45, 7) is 2.89. The lowest BCUT2D eigenvalue weighted by atomic mass is 10.1. The van der Waals surface area contributed by atoms with E-state index >= 15 is 0 Å². The zero-order valence-electron chi connectivity index (χ0n) is 19.5. The summed E-state index contributed by atoms with van der Waals surface area (Å²) in [4.78, 5) is 44.4. The number of nitrogens with zero attached hydrogens (tertiary/aromatic N) is 6. The average Bonchev–Trinajstić information content (AvgIpc) is 3.30. The molecule has 2 amide bonds. The summed E-state index contributed by atoms with van der Waals surface area (Å²) >= 11 is 0. The third-order valence-electron chi connectivity index (χ3n) is 6.35. The monoisotopic (exact) mass is 473 g/mol. The molecule has 1 aromatic carbocycles. The van der Waals surface area contributed by atoms with Gasteiger partial charge in [-0.05, 0) is 36.4 Å². The maximum Gasteiger partial charge on any atom is 0.228 e. The van der Waals surface area contributed by atoms with Gasteiger partial charge in [-0.15, -0.1) is 0 Å². The molecule has 1 unspecified atom stereocenters. The molecule has 1 atom stereocenters. The quantitative estimate of drug-likeness (QED) is 0.582. The second kappa shape index (κ2) is 9.96. The Morgan fingerprint density at radius 2 is 1.80 bits per heavy atom. The highest BCUT2D eigenvalue weighted by molar-refractivity contribution is 6.00. The Kier molecular flexibility index (Phi) is 6.42. The Morgan fingerprint density at radius 3 is 2.51 bits per heavy atom. The number of pyridine rings is 1. The maximum atomic E-state index is 13.2. The lowest BCUT2D eigenvalue weighted by molar-refractivity contribution is -0.136. The van der Waals surface area contributed by atoms with Crippen LogP contribution in [0.2, 0.25) is 0 Å². The SMILES string of the molecule is COc1ccc(N2CC(C(=O)N3CCN(c4cc(Nc5ccccn5)ncn4)CC3)CC2=O)cc1. The van der Waals surface area contributed by atoms with Crippen molar-refractivity contribution in [3.8, 4) is 5.75 Å². The predicted octanol–water partition coefficient (Wildman–Crippen LogP) is 2.33. The van der Waals surface area contributed by atoms with Crippen LogP contribution in [0.1, 0.15) is 6.42 Å². The fourth-order valence-corrected chi connectivity index (χ4v) is 4.46. The molecule has 2 aliphatic heterocycles. The number of hydrogen-bond acceptors (Lipinski definition) is 8. The standard InChI is InChI=1S/C25H27N7O3/c1-35-20-7-5-19(6-8-20)32-16-18(14-24(32)33)25(34)31-12-10-30(11-13-31)23-15-22(27-17-28-23)29-21-4-2-3-9-26-21/h2-9,15,17-18H,10-14,16H2,1H3,(H,26,27,28,29). The molecule has 0 radical (unpaired) electrons. The van der Waals surface area contributed by atoms with Gasteiger partial charge in [0, 0.05) is 57.1 Å². The summed E-state index contributed by atoms with van der Waals surface area (Å²) in [5, 5.41) is 3.18. The number of aromatic nitrogens is 3. The molecule has 4 heterocycles. The minimum absolute atomic E-state index is 0.0268. The molecule has 0 spiro atoms. The number of methoxy groups -OCH3 is 1. The van der Waals surface area contributed by atoms with Crippen molar-refractivity contribution in [2.24, 2.45) is 5.92 Å². The lowest BCUT2D eigenvalue weighted by Gasteiger charge is -2.36. The third kappa shape index (κ3) is 5.01. The van der Waals surface area contributed by atoms with Gasteiger partial charge in [0.1, 0.15) is 29.5 Å². The molecular weight excluding hydrogens is 446 g/mol. The zero-order valence-corrected chi connectivity index (χ0v) is 19.5. The van der Waals surface area contributed by atoms with Gasteiger partial charge in [-0.1, -0.05) is 6.07 Å². The number of carbonyl (C=O) groups is 2. The summed E-state index contributed by atoms with van der Waals surface area (Å²) in [5.74, 6) is 2.58. The second-order valence-electron chi connectivity index (χ2n) is 8.52. The smallest absolute Gasteiger partial charge is 0.228 e. The van der Waals surface area contributed by atoms with Gasteiger partial charge in [-0.25, -0.2) is 15.0 Å². The van der Waals surface area contributed by atoms with Gasteiger partial charge in [-0.3, -0.25) is 9.59 Å². The van der Waals surface area contributed by atoms with Gasteiger partial charge >= 0.3 is 0 Å². The summed E-state index contributed by atoms with van der Waals surface area (Å²) < 4.78 is 5.19. The Morgan fingerprint density at radius 1 is 1.00 bits per heavy atom. The molecule has 0 aliphatic carbocycles. The molecule has 2 aromatic heterocycles. The van der Waals surface area contributed by atoms with E-state index in [2.05, 4.69) is 25.2 Å². The number of rotatable bonds is 6. The largest absolute Gasteiger partial charge is 0.497 e. The van der Waals surface area contributed by atoms with Crippen molar-refractivity contribution in [2.75, 3.05) is 55.0 Å². The molecule has 3 aromatic rings. The molecule has 2 aliphatic rings. The van der Waals surface area contributed by atoms with E-state index in [1.165, 1.54) is 6.33 Å². The van der Waals surface area contributed by atoms with Crippen LogP contribution in [-0.2, 0) is 9.59 Å². The van der Waals surface area contributed by atoms with E-state index in [9.17, 15) is 9.59 Å². The molecular formula is C25H27N7O3. The average molecular weight is 474 g/mol. The molecule has 2 fully saturated rings. The van der Waals surface area contributed by atoms with Crippen LogP contribution < -0.4 is 19.9 Å². The molecule has 180 valence electrons. The van der Waals surface area contributed by atoms with E-state index in [1.54, 1.807) is 18.2 Å². The normalized spacial score (nSPS) is 18.0. The number of piperazine rings is 1. The number of carbonyl (C=O) groups excluding carboxylic acids is 2. The van der Waals surface area contributed by atoms with Crippen LogP contribution in [0.4, 0.5) is 23.1 Å². The maximum absolute atomic E-state index is 13.2. The number of ether oxygens (including phenoxy) is 1. The van der Waals surface area contributed by atoms with Gasteiger partial charge in [0.15, 0.2) is 0 Å². The van der Waals surface area contributed by atoms with Crippen LogP contribution in [0.3, 0.4) is 0 Å². The molecule has 0 saturated carbocycles. The molecule has 10 nitrogen and oxygen atoms in total. The Labute approximate surface area is 203 Å². The molecule has 0 bridgehead atoms. The first-order chi connectivity index (χ1) is 17.1. The van der Waals surface area contributed by atoms with E-state index < -0.39 is 0 Å². The molecule has 5 rings (SSSR count). The third-order valence-corrected chi connectivity index (χ3v) is 6.35. The van der Waals surface area contributed by atoms with Crippen molar-refractivity contribution in [1.29, 1.82) is 0 Å². The van der Waals surface area contributed by atoms with Gasteiger partial charge in [0.2, 0.25) is 11.8 Å². The van der Waals surface area contributed by atoms with E-state index in [0.717, 1.165) is 17.3 Å². The predicted molar refractivity (Wildman–Crippen MR) is 132 cm³/mol. The molecule has 1 N–H and O–H groups in total. The van der Waals surface area contributed by atoms with Crippen molar-refractivity contribution in [2.45, 2.75) is 6.42 Å². The summed E-state index contributed by atoms with van der Waals surface area (Å²) in [5.41, 5.74) is 0.787. The van der Waals surface area contributed by atoms with E-state index in [1.807, 2.05) is 53.4 Å². The van der Waals surface area contributed by atoms with Crippen molar-refractivity contribution in [3.05, 3.63) is 61.1 Å². The Hall–Kier alpha value is -4.21. The van der Waals surface area contributed by atoms with Crippen LogP contribution in [0, 0.1) is 5.92 Å². The van der Waals surface area contributed by atoms with Crippen molar-refractivity contribution >= 4 is 35.0 Å². The van der Waals surface area contributed by atoms with Crippen LogP contribution in [-0.4, -0.2) is 71.5 Å². The van der Waals surface area contributed by atoms with Crippen LogP contribution in [0.5, 0.6) is 5.75 Å². The van der Waals surface area contributed by atoms with E-state index in [-0.39, 0.29) is 24.2 Å². The Bertz CT molecular complexity index is 1180. The highest BCUT2D eigenvalue weighted by atomic mass is 16.5. The fourth-order valence-electron chi connectivity index (χ4n) is 4.46. The first kappa shape index (κ1) is 22.6. The van der Waals surface area contributed by atoms with Crippen molar-refractivity contribution in [3.63, 3.8) is 0 Å². The molecule has 10 heteroatoms. The summed E-state index contributed by atoms with van der Waals surface area (Å²) in [6.07, 6.45) is 3.48. The first-order valence-electron chi connectivity index (χ1n) is 11.6. The highest BCUT2D eigenvalue weighted by Gasteiger charge is 2.38. The lowest BCUT2D eigenvalue weighted by Crippen LogP contribution is -2.51.